The second-order valence-corrected chi connectivity index (χ2v) is 3.77. The van der Waals surface area contributed by atoms with Crippen LogP contribution in [0, 0.1) is 12.7 Å². The number of hydrogen-bond donors (Lipinski definition) is 3. The molecular weight excluding hydrogens is 223 g/mol. The van der Waals surface area contributed by atoms with E-state index in [0.29, 0.717) is 24.1 Å². The molecule has 0 fully saturated rings. The number of amides is 2. The molecule has 3 N–H and O–H groups in total. The predicted octanol–water partition coefficient (Wildman–Crippen LogP) is 1.32. The number of aryl methyl sites for hydroxylation is 1. The van der Waals surface area contributed by atoms with Crippen LogP contribution in [0.15, 0.2) is 18.2 Å². The molecular formula is C12H17FN2O2. The Morgan fingerprint density at radius 3 is 2.82 bits per heavy atom. The van der Waals surface area contributed by atoms with Gasteiger partial charge in [0.1, 0.15) is 5.82 Å². The first kappa shape index (κ1) is 13.4. The highest BCUT2D eigenvalue weighted by molar-refractivity contribution is 5.73. The summed E-state index contributed by atoms with van der Waals surface area (Å²) in [5.41, 5.74) is 1.30. The lowest BCUT2D eigenvalue weighted by molar-refractivity contribution is 0.237. The topological polar surface area (TPSA) is 61.4 Å². The van der Waals surface area contributed by atoms with E-state index < -0.39 is 0 Å². The van der Waals surface area contributed by atoms with Crippen LogP contribution in [0.2, 0.25) is 0 Å². The number of hydrogen-bond acceptors (Lipinski definition) is 2. The van der Waals surface area contributed by atoms with Crippen molar-refractivity contribution in [2.75, 3.05) is 13.2 Å². The Balaban J connectivity index is 2.34. The van der Waals surface area contributed by atoms with Gasteiger partial charge in [-0.15, -0.1) is 0 Å². The van der Waals surface area contributed by atoms with Crippen molar-refractivity contribution in [3.63, 3.8) is 0 Å². The van der Waals surface area contributed by atoms with Crippen LogP contribution in [-0.2, 0) is 6.54 Å². The molecule has 1 rings (SSSR count). The van der Waals surface area contributed by atoms with Gasteiger partial charge >= 0.3 is 6.03 Å². The summed E-state index contributed by atoms with van der Waals surface area (Å²) in [5, 5.41) is 13.7. The normalized spacial score (nSPS) is 10.1. The van der Waals surface area contributed by atoms with E-state index in [1.54, 1.807) is 19.1 Å². The maximum Gasteiger partial charge on any atom is 0.315 e. The summed E-state index contributed by atoms with van der Waals surface area (Å²) in [4.78, 5) is 11.2. The molecule has 0 aliphatic carbocycles. The Morgan fingerprint density at radius 1 is 1.41 bits per heavy atom. The van der Waals surface area contributed by atoms with Gasteiger partial charge in [0.15, 0.2) is 0 Å². The smallest absolute Gasteiger partial charge is 0.315 e. The molecule has 94 valence electrons. The lowest BCUT2D eigenvalue weighted by atomic mass is 10.1. The van der Waals surface area contributed by atoms with Gasteiger partial charge in [-0.3, -0.25) is 0 Å². The van der Waals surface area contributed by atoms with Crippen LogP contribution in [0.1, 0.15) is 17.5 Å². The molecule has 0 aliphatic heterocycles. The van der Waals surface area contributed by atoms with Crippen LogP contribution in [-0.4, -0.2) is 24.3 Å². The summed E-state index contributed by atoms with van der Waals surface area (Å²) in [6, 6.07) is 4.53. The molecule has 2 amide bonds. The average Bonchev–Trinajstić information content (AvgIpc) is 2.31. The number of aliphatic hydroxyl groups excluding tert-OH is 1. The maximum absolute atomic E-state index is 13.2. The second kappa shape index (κ2) is 6.85. The first-order valence-corrected chi connectivity index (χ1v) is 5.51. The van der Waals surface area contributed by atoms with Gasteiger partial charge in [-0.2, -0.15) is 0 Å². The van der Waals surface area contributed by atoms with Crippen LogP contribution in [0.25, 0.3) is 0 Å². The molecule has 0 heterocycles. The molecule has 0 aliphatic rings. The van der Waals surface area contributed by atoms with Crippen molar-refractivity contribution in [3.05, 3.63) is 35.1 Å². The highest BCUT2D eigenvalue weighted by atomic mass is 19.1. The quantitative estimate of drug-likeness (QED) is 0.680. The lowest BCUT2D eigenvalue weighted by Gasteiger charge is -2.07. The average molecular weight is 240 g/mol. The Bertz CT molecular complexity index is 383. The third-order valence-electron chi connectivity index (χ3n) is 2.31. The molecule has 1 aromatic rings. The van der Waals surface area contributed by atoms with Gasteiger partial charge in [0.05, 0.1) is 0 Å². The molecule has 17 heavy (non-hydrogen) atoms. The zero-order valence-corrected chi connectivity index (χ0v) is 9.79. The summed E-state index contributed by atoms with van der Waals surface area (Å²) in [6.07, 6.45) is 0.520. The molecule has 4 nitrogen and oxygen atoms in total. The van der Waals surface area contributed by atoms with Gasteiger partial charge in [0.25, 0.3) is 0 Å². The van der Waals surface area contributed by atoms with Crippen molar-refractivity contribution < 1.29 is 14.3 Å². The van der Waals surface area contributed by atoms with Gasteiger partial charge in [-0.25, -0.2) is 9.18 Å². The summed E-state index contributed by atoms with van der Waals surface area (Å²) in [7, 11) is 0. The molecule has 0 atom stereocenters. The van der Waals surface area contributed by atoms with E-state index in [9.17, 15) is 9.18 Å². The Kier molecular flexibility index (Phi) is 5.42. The summed E-state index contributed by atoms with van der Waals surface area (Å²) in [6.45, 7) is 2.43. The van der Waals surface area contributed by atoms with Crippen molar-refractivity contribution in [1.29, 1.82) is 0 Å². The molecule has 0 aromatic heterocycles. The summed E-state index contributed by atoms with van der Waals surface area (Å²) >= 11 is 0. The maximum atomic E-state index is 13.2. The summed E-state index contributed by atoms with van der Waals surface area (Å²) in [5.74, 6) is -0.273. The number of nitrogens with one attached hydrogen (secondary N) is 2. The number of halogens is 1. The zero-order valence-electron chi connectivity index (χ0n) is 9.79. The van der Waals surface area contributed by atoms with Gasteiger partial charge in [0, 0.05) is 19.7 Å². The number of rotatable bonds is 5. The third-order valence-corrected chi connectivity index (χ3v) is 2.31. The molecule has 1 aromatic carbocycles. The molecule has 5 heteroatoms. The van der Waals surface area contributed by atoms with Crippen molar-refractivity contribution in [3.8, 4) is 0 Å². The van der Waals surface area contributed by atoms with Gasteiger partial charge in [-0.05, 0) is 30.5 Å². The molecule has 0 unspecified atom stereocenters. The van der Waals surface area contributed by atoms with E-state index in [0.717, 1.165) is 0 Å². The van der Waals surface area contributed by atoms with E-state index in [4.69, 9.17) is 5.11 Å². The van der Waals surface area contributed by atoms with E-state index >= 15 is 0 Å². The Labute approximate surface area is 99.8 Å². The minimum absolute atomic E-state index is 0.0451. The Hall–Kier alpha value is -1.62. The molecule has 0 spiro atoms. The fourth-order valence-corrected chi connectivity index (χ4v) is 1.27. The van der Waals surface area contributed by atoms with E-state index in [1.165, 1.54) is 6.07 Å². The van der Waals surface area contributed by atoms with Gasteiger partial charge in [0.2, 0.25) is 0 Å². The van der Waals surface area contributed by atoms with Gasteiger partial charge in [-0.1, -0.05) is 12.1 Å². The molecule has 0 saturated carbocycles. The minimum atomic E-state index is -0.320. The predicted molar refractivity (Wildman–Crippen MR) is 63.1 cm³/mol. The highest BCUT2D eigenvalue weighted by Crippen LogP contribution is 2.08. The van der Waals surface area contributed by atoms with Crippen LogP contribution in [0.5, 0.6) is 0 Å². The van der Waals surface area contributed by atoms with E-state index in [2.05, 4.69) is 10.6 Å². The fourth-order valence-electron chi connectivity index (χ4n) is 1.27. The molecule has 0 radical (unpaired) electrons. The van der Waals surface area contributed by atoms with Crippen LogP contribution in [0.4, 0.5) is 9.18 Å². The Morgan fingerprint density at radius 2 is 2.18 bits per heavy atom. The zero-order chi connectivity index (χ0) is 12.7. The number of aliphatic hydroxyl groups is 1. The van der Waals surface area contributed by atoms with E-state index in [1.807, 2.05) is 0 Å². The number of carbonyl (C=O) groups excluding carboxylic acids is 1. The SMILES string of the molecule is Cc1ccc(CNC(=O)NCCCO)cc1F. The van der Waals surface area contributed by atoms with Crippen molar-refractivity contribution >= 4 is 6.03 Å². The van der Waals surface area contributed by atoms with Crippen molar-refractivity contribution in [2.24, 2.45) is 0 Å². The fraction of sp³-hybridized carbons (Fsp3) is 0.417. The summed E-state index contributed by atoms with van der Waals surface area (Å²) < 4.78 is 13.2. The van der Waals surface area contributed by atoms with Crippen LogP contribution >= 0.6 is 0 Å². The number of urea groups is 1. The number of benzene rings is 1. The standard InChI is InChI=1S/C12H17FN2O2/c1-9-3-4-10(7-11(9)13)8-15-12(17)14-5-2-6-16/h3-4,7,16H,2,5-6,8H2,1H3,(H2,14,15,17). The van der Waals surface area contributed by atoms with Crippen molar-refractivity contribution in [2.45, 2.75) is 19.9 Å². The number of carbonyl (C=O) groups is 1. The second-order valence-electron chi connectivity index (χ2n) is 3.77. The largest absolute Gasteiger partial charge is 0.396 e. The first-order valence-electron chi connectivity index (χ1n) is 5.51. The minimum Gasteiger partial charge on any atom is -0.396 e. The lowest BCUT2D eigenvalue weighted by Crippen LogP contribution is -2.35. The van der Waals surface area contributed by atoms with Gasteiger partial charge < -0.3 is 15.7 Å². The first-order chi connectivity index (χ1) is 8.13. The third kappa shape index (κ3) is 4.82. The van der Waals surface area contributed by atoms with Crippen LogP contribution < -0.4 is 10.6 Å². The highest BCUT2D eigenvalue weighted by Gasteiger charge is 2.02. The molecule has 0 saturated heterocycles. The van der Waals surface area contributed by atoms with Crippen molar-refractivity contribution in [1.82, 2.24) is 10.6 Å². The van der Waals surface area contributed by atoms with Crippen LogP contribution in [0.3, 0.4) is 0 Å². The monoisotopic (exact) mass is 240 g/mol. The molecule has 0 bridgehead atoms. The van der Waals surface area contributed by atoms with E-state index in [-0.39, 0.29) is 25.0 Å².